The minimum Gasteiger partial charge on any atom is -0.507 e. The molecule has 1 aliphatic heterocycles. The lowest BCUT2D eigenvalue weighted by Gasteiger charge is -2.35. The number of phenolic OH excluding ortho intramolecular Hbond substituents is 1. The van der Waals surface area contributed by atoms with Crippen molar-refractivity contribution in [1.29, 1.82) is 0 Å². The Morgan fingerprint density at radius 3 is 1.71 bits per heavy atom. The summed E-state index contributed by atoms with van der Waals surface area (Å²) < 4.78 is 11.7. The van der Waals surface area contributed by atoms with E-state index in [0.717, 1.165) is 35.5 Å². The minimum atomic E-state index is -0.0504. The third-order valence-corrected chi connectivity index (χ3v) is 6.52. The largest absolute Gasteiger partial charge is 0.507 e. The van der Waals surface area contributed by atoms with E-state index in [-0.39, 0.29) is 23.9 Å². The molecule has 1 heterocycles. The molecular weight excluding hydrogens is 432 g/mol. The summed E-state index contributed by atoms with van der Waals surface area (Å²) in [7, 11) is 1.74. The van der Waals surface area contributed by atoms with Crippen molar-refractivity contribution in [2.24, 2.45) is 0 Å². The van der Waals surface area contributed by atoms with Crippen molar-refractivity contribution >= 4 is 0 Å². The number of hydrogen-bond acceptors (Lipinski definition) is 3. The van der Waals surface area contributed by atoms with Crippen LogP contribution in [0.3, 0.4) is 0 Å². The van der Waals surface area contributed by atoms with Gasteiger partial charge in [0, 0.05) is 5.56 Å². The first-order valence-corrected chi connectivity index (χ1v) is 12.7. The molecule has 3 heteroatoms. The maximum absolute atomic E-state index is 10.3. The first kappa shape index (κ1) is 32.8. The molecule has 0 amide bonds. The van der Waals surface area contributed by atoms with Crippen LogP contribution in [0.4, 0.5) is 0 Å². The fraction of sp³-hybridized carbons (Fsp3) is 0.625. The average Bonchev–Trinajstić information content (AvgIpc) is 2.72. The van der Waals surface area contributed by atoms with Gasteiger partial charge in [-0.1, -0.05) is 81.0 Å². The van der Waals surface area contributed by atoms with Crippen LogP contribution in [-0.4, -0.2) is 17.8 Å². The molecule has 0 atom stereocenters. The number of ether oxygens (including phenoxy) is 2. The van der Waals surface area contributed by atoms with Crippen molar-refractivity contribution in [3.8, 4) is 17.2 Å². The van der Waals surface area contributed by atoms with Gasteiger partial charge < -0.3 is 14.6 Å². The van der Waals surface area contributed by atoms with E-state index in [0.29, 0.717) is 5.75 Å². The molecule has 35 heavy (non-hydrogen) atoms. The standard InChI is InChI=1S/C15H22O2.C14H22O.C2H6.CH4/c1-9-10(2)14-12(11(3)13(9)16-6)7-8-15(4,5)17-14;1-13(2,3)10-8-7-9-11(12(10)15)14(4,5)6;1-2;/h7-8H2,1-6H3;7-9,15H,1-6H3;1-2H3;1H4. The summed E-state index contributed by atoms with van der Waals surface area (Å²) in [5, 5.41) is 10.3. The Balaban J connectivity index is 0.000000605. The molecule has 3 nitrogen and oxygen atoms in total. The van der Waals surface area contributed by atoms with Gasteiger partial charge in [0.1, 0.15) is 22.8 Å². The molecule has 0 saturated heterocycles. The van der Waals surface area contributed by atoms with Crippen LogP contribution in [0.5, 0.6) is 17.2 Å². The van der Waals surface area contributed by atoms with E-state index in [1.165, 1.54) is 22.3 Å². The topological polar surface area (TPSA) is 38.7 Å². The zero-order chi connectivity index (χ0) is 26.6. The van der Waals surface area contributed by atoms with Crippen LogP contribution in [0.15, 0.2) is 18.2 Å². The first-order valence-electron chi connectivity index (χ1n) is 12.7. The molecule has 0 aliphatic carbocycles. The second-order valence-electron chi connectivity index (χ2n) is 11.8. The number of para-hydroxylation sites is 1. The Kier molecular flexibility index (Phi) is 11.4. The zero-order valence-corrected chi connectivity index (χ0v) is 24.4. The molecule has 3 rings (SSSR count). The van der Waals surface area contributed by atoms with Crippen LogP contribution < -0.4 is 9.47 Å². The predicted octanol–water partition coefficient (Wildman–Crippen LogP) is 9.37. The lowest BCUT2D eigenvalue weighted by molar-refractivity contribution is 0.0831. The van der Waals surface area contributed by atoms with E-state index < -0.39 is 0 Å². The van der Waals surface area contributed by atoms with Crippen LogP contribution in [0.1, 0.15) is 116 Å². The molecule has 0 radical (unpaired) electrons. The Bertz CT molecular complexity index is 938. The van der Waals surface area contributed by atoms with E-state index >= 15 is 0 Å². The molecular formula is C32H54O3. The highest BCUT2D eigenvalue weighted by molar-refractivity contribution is 5.58. The van der Waals surface area contributed by atoms with E-state index in [9.17, 15) is 5.11 Å². The van der Waals surface area contributed by atoms with Gasteiger partial charge in [0.05, 0.1) is 7.11 Å². The number of fused-ring (bicyclic) bond motifs is 1. The van der Waals surface area contributed by atoms with Crippen molar-refractivity contribution < 1.29 is 14.6 Å². The maximum Gasteiger partial charge on any atom is 0.127 e. The number of aromatic hydroxyl groups is 1. The van der Waals surface area contributed by atoms with Crippen molar-refractivity contribution in [1.82, 2.24) is 0 Å². The molecule has 0 spiro atoms. The van der Waals surface area contributed by atoms with Gasteiger partial charge in [-0.2, -0.15) is 0 Å². The van der Waals surface area contributed by atoms with Crippen LogP contribution in [0.2, 0.25) is 0 Å². The Labute approximate surface area is 217 Å². The molecule has 0 bridgehead atoms. The monoisotopic (exact) mass is 486 g/mol. The summed E-state index contributed by atoms with van der Waals surface area (Å²) in [6, 6.07) is 6.04. The first-order chi connectivity index (χ1) is 15.5. The summed E-state index contributed by atoms with van der Waals surface area (Å²) in [5.41, 5.74) is 6.95. The van der Waals surface area contributed by atoms with Gasteiger partial charge in [-0.05, 0) is 86.1 Å². The number of hydrogen-bond donors (Lipinski definition) is 1. The Morgan fingerprint density at radius 1 is 0.857 bits per heavy atom. The van der Waals surface area contributed by atoms with Gasteiger partial charge >= 0.3 is 0 Å². The number of benzene rings is 2. The Morgan fingerprint density at radius 2 is 1.31 bits per heavy atom. The van der Waals surface area contributed by atoms with E-state index in [2.05, 4.69) is 76.2 Å². The van der Waals surface area contributed by atoms with Crippen LogP contribution in [-0.2, 0) is 17.3 Å². The smallest absolute Gasteiger partial charge is 0.127 e. The molecule has 0 saturated carbocycles. The van der Waals surface area contributed by atoms with Crippen LogP contribution >= 0.6 is 0 Å². The molecule has 1 N–H and O–H groups in total. The molecule has 0 aromatic heterocycles. The fourth-order valence-corrected chi connectivity index (χ4v) is 4.41. The maximum atomic E-state index is 10.3. The summed E-state index contributed by atoms with van der Waals surface area (Å²) in [6.07, 6.45) is 2.14. The highest BCUT2D eigenvalue weighted by atomic mass is 16.5. The summed E-state index contributed by atoms with van der Waals surface area (Å²) >= 11 is 0. The van der Waals surface area contributed by atoms with Crippen molar-refractivity contribution in [3.63, 3.8) is 0 Å². The summed E-state index contributed by atoms with van der Waals surface area (Å²) in [6.45, 7) is 27.4. The van der Waals surface area contributed by atoms with Gasteiger partial charge in [-0.3, -0.25) is 0 Å². The lowest BCUT2D eigenvalue weighted by Crippen LogP contribution is -2.33. The number of phenols is 1. The molecule has 2 aromatic carbocycles. The zero-order valence-electron chi connectivity index (χ0n) is 24.4. The van der Waals surface area contributed by atoms with Gasteiger partial charge in [0.2, 0.25) is 0 Å². The van der Waals surface area contributed by atoms with Gasteiger partial charge in [-0.15, -0.1) is 0 Å². The van der Waals surface area contributed by atoms with Crippen LogP contribution in [0, 0.1) is 20.8 Å². The fourth-order valence-electron chi connectivity index (χ4n) is 4.41. The van der Waals surface area contributed by atoms with Crippen molar-refractivity contribution in [3.05, 3.63) is 51.6 Å². The predicted molar refractivity (Wildman–Crippen MR) is 154 cm³/mol. The second kappa shape index (κ2) is 12.2. The molecule has 0 fully saturated rings. The number of rotatable bonds is 1. The quantitative estimate of drug-likeness (QED) is 0.436. The summed E-state index contributed by atoms with van der Waals surface area (Å²) in [4.78, 5) is 0. The second-order valence-corrected chi connectivity index (χ2v) is 11.8. The van der Waals surface area contributed by atoms with E-state index in [1.54, 1.807) is 7.11 Å². The highest BCUT2D eigenvalue weighted by Crippen LogP contribution is 2.43. The summed E-state index contributed by atoms with van der Waals surface area (Å²) in [5.74, 6) is 2.55. The van der Waals surface area contributed by atoms with E-state index in [1.807, 2.05) is 32.0 Å². The molecule has 2 aromatic rings. The molecule has 0 unspecified atom stereocenters. The normalized spacial score (nSPS) is 14.1. The molecule has 1 aliphatic rings. The van der Waals surface area contributed by atoms with Crippen LogP contribution in [0.25, 0.3) is 0 Å². The van der Waals surface area contributed by atoms with Gasteiger partial charge in [0.15, 0.2) is 0 Å². The van der Waals surface area contributed by atoms with Gasteiger partial charge in [0.25, 0.3) is 0 Å². The lowest BCUT2D eigenvalue weighted by atomic mass is 9.80. The number of methoxy groups -OCH3 is 1. The molecule has 200 valence electrons. The third-order valence-electron chi connectivity index (χ3n) is 6.52. The van der Waals surface area contributed by atoms with E-state index in [4.69, 9.17) is 9.47 Å². The highest BCUT2D eigenvalue weighted by Gasteiger charge is 2.31. The van der Waals surface area contributed by atoms with Crippen molar-refractivity contribution in [2.45, 2.75) is 127 Å². The van der Waals surface area contributed by atoms with Crippen molar-refractivity contribution in [2.75, 3.05) is 7.11 Å². The third kappa shape index (κ3) is 7.66. The van der Waals surface area contributed by atoms with Gasteiger partial charge in [-0.25, -0.2) is 0 Å². The minimum absolute atomic E-state index is 0. The SMILES string of the molecule is C.CC.CC(C)(C)c1cccc(C(C)(C)C)c1O.COc1c(C)c(C)c2c(c1C)CCC(C)(C)O2. The average molecular weight is 487 g/mol. The Hall–Kier alpha value is -2.16.